The van der Waals surface area contributed by atoms with Gasteiger partial charge < -0.3 is 14.8 Å². The van der Waals surface area contributed by atoms with Gasteiger partial charge in [-0.3, -0.25) is 4.79 Å². The van der Waals surface area contributed by atoms with Gasteiger partial charge in [-0.25, -0.2) is 4.39 Å². The molecule has 4 nitrogen and oxygen atoms in total. The summed E-state index contributed by atoms with van der Waals surface area (Å²) < 4.78 is 20.3. The molecule has 0 saturated heterocycles. The van der Waals surface area contributed by atoms with Crippen LogP contribution in [0.15, 0.2) is 72.9 Å². The minimum absolute atomic E-state index is 0.0616. The molecular weight excluding hydrogens is 417 g/mol. The van der Waals surface area contributed by atoms with Crippen molar-refractivity contribution in [1.29, 1.82) is 0 Å². The second-order valence-electron chi connectivity index (χ2n) is 7.90. The predicted octanol–water partition coefficient (Wildman–Crippen LogP) is 6.37. The van der Waals surface area contributed by atoms with E-state index in [1.165, 1.54) is 12.1 Å². The molecule has 2 N–H and O–H groups in total. The number of carbonyl (C=O) groups is 1. The molecule has 0 aliphatic rings. The Morgan fingerprint density at radius 2 is 1.88 bits per heavy atom. The zero-order valence-electron chi connectivity index (χ0n) is 18.4. The number of rotatable bonds is 7. The number of fused-ring (bicyclic) bond motifs is 1. The number of H-pyrrole nitrogens is 1. The Morgan fingerprint density at radius 1 is 1.09 bits per heavy atom. The molecule has 0 aliphatic carbocycles. The van der Waals surface area contributed by atoms with E-state index in [0.29, 0.717) is 5.75 Å². The summed E-state index contributed by atoms with van der Waals surface area (Å²) in [6.45, 7) is 3.57. The Labute approximate surface area is 192 Å². The number of carboxylic acids is 1. The van der Waals surface area contributed by atoms with Crippen molar-refractivity contribution in [2.75, 3.05) is 0 Å². The SMILES string of the molecule is CC#CC(CC(=O)O)c1ccc(O[C@@H](c2ccc(F)cc2C)c2cccc3[nH]ccc23)cc1. The monoisotopic (exact) mass is 441 g/mol. The molecule has 0 amide bonds. The standard InChI is InChI=1S/C28H24FNO3/c1-3-5-20(17-27(31)32)19-8-11-22(12-9-19)33-28(23-13-10-21(29)16-18(23)2)25-6-4-7-26-24(25)14-15-30-26/h4,6-16,20,28,30H,17H2,1-2H3,(H,31,32)/t20?,28-/m0/s1. The highest BCUT2D eigenvalue weighted by Gasteiger charge is 2.22. The van der Waals surface area contributed by atoms with E-state index in [9.17, 15) is 14.3 Å². The van der Waals surface area contributed by atoms with E-state index in [2.05, 4.69) is 16.8 Å². The van der Waals surface area contributed by atoms with Gasteiger partial charge in [-0.05, 0) is 61.4 Å². The van der Waals surface area contributed by atoms with Crippen LogP contribution in [-0.4, -0.2) is 16.1 Å². The zero-order chi connectivity index (χ0) is 23.4. The van der Waals surface area contributed by atoms with Crippen LogP contribution in [-0.2, 0) is 4.79 Å². The first-order valence-electron chi connectivity index (χ1n) is 10.7. The van der Waals surface area contributed by atoms with Crippen molar-refractivity contribution in [2.24, 2.45) is 0 Å². The molecule has 0 radical (unpaired) electrons. The molecule has 1 unspecified atom stereocenters. The zero-order valence-corrected chi connectivity index (χ0v) is 18.4. The number of ether oxygens (including phenoxy) is 1. The summed E-state index contributed by atoms with van der Waals surface area (Å²) in [7, 11) is 0. The first-order valence-corrected chi connectivity index (χ1v) is 10.7. The van der Waals surface area contributed by atoms with Crippen LogP contribution in [0.25, 0.3) is 10.9 Å². The highest BCUT2D eigenvalue weighted by molar-refractivity contribution is 5.83. The molecule has 2 atom stereocenters. The van der Waals surface area contributed by atoms with Crippen molar-refractivity contribution in [3.05, 3.63) is 101 Å². The molecule has 0 saturated carbocycles. The topological polar surface area (TPSA) is 62.3 Å². The lowest BCUT2D eigenvalue weighted by molar-refractivity contribution is -0.137. The molecule has 4 aromatic rings. The van der Waals surface area contributed by atoms with Crippen molar-refractivity contribution >= 4 is 16.9 Å². The number of benzene rings is 3. The van der Waals surface area contributed by atoms with Crippen molar-refractivity contribution in [2.45, 2.75) is 32.3 Å². The van der Waals surface area contributed by atoms with Gasteiger partial charge in [0.25, 0.3) is 0 Å². The smallest absolute Gasteiger partial charge is 0.304 e. The van der Waals surface area contributed by atoms with E-state index in [1.807, 2.05) is 61.7 Å². The van der Waals surface area contributed by atoms with Gasteiger partial charge in [-0.15, -0.1) is 5.92 Å². The molecule has 3 aromatic carbocycles. The number of nitrogens with one attached hydrogen (secondary N) is 1. The van der Waals surface area contributed by atoms with Gasteiger partial charge in [0.1, 0.15) is 17.7 Å². The van der Waals surface area contributed by atoms with Gasteiger partial charge in [-0.2, -0.15) is 0 Å². The van der Waals surface area contributed by atoms with Crippen LogP contribution in [0.4, 0.5) is 4.39 Å². The predicted molar refractivity (Wildman–Crippen MR) is 127 cm³/mol. The van der Waals surface area contributed by atoms with Gasteiger partial charge in [0.15, 0.2) is 0 Å². The van der Waals surface area contributed by atoms with Crippen molar-refractivity contribution in [3.8, 4) is 17.6 Å². The summed E-state index contributed by atoms with van der Waals surface area (Å²) in [5.41, 5.74) is 4.44. The molecule has 1 heterocycles. The number of aromatic amines is 1. The molecule has 5 heteroatoms. The summed E-state index contributed by atoms with van der Waals surface area (Å²) in [5.74, 6) is 4.82. The second-order valence-corrected chi connectivity index (χ2v) is 7.90. The average molecular weight is 442 g/mol. The molecule has 166 valence electrons. The molecule has 1 aromatic heterocycles. The number of aryl methyl sites for hydroxylation is 1. The van der Waals surface area contributed by atoms with Crippen molar-refractivity contribution in [1.82, 2.24) is 4.98 Å². The lowest BCUT2D eigenvalue weighted by atomic mass is 9.94. The molecule has 0 spiro atoms. The van der Waals surface area contributed by atoms with Crippen LogP contribution in [0, 0.1) is 24.6 Å². The van der Waals surface area contributed by atoms with Gasteiger partial charge in [0.05, 0.1) is 12.3 Å². The van der Waals surface area contributed by atoms with Crippen LogP contribution in [0.2, 0.25) is 0 Å². The Kier molecular flexibility index (Phi) is 6.46. The van der Waals surface area contributed by atoms with Crippen LogP contribution in [0.5, 0.6) is 5.75 Å². The minimum atomic E-state index is -0.894. The van der Waals surface area contributed by atoms with Crippen molar-refractivity contribution < 1.29 is 19.0 Å². The highest BCUT2D eigenvalue weighted by atomic mass is 19.1. The van der Waals surface area contributed by atoms with Gasteiger partial charge >= 0.3 is 5.97 Å². The molecular formula is C28H24FNO3. The van der Waals surface area contributed by atoms with E-state index in [0.717, 1.165) is 33.2 Å². The molecule has 0 bridgehead atoms. The van der Waals surface area contributed by atoms with Crippen LogP contribution in [0.1, 0.15) is 47.6 Å². The summed E-state index contributed by atoms with van der Waals surface area (Å²) >= 11 is 0. The van der Waals surface area contributed by atoms with E-state index < -0.39 is 12.1 Å². The summed E-state index contributed by atoms with van der Waals surface area (Å²) in [4.78, 5) is 14.4. The number of halogens is 1. The number of hydrogen-bond acceptors (Lipinski definition) is 2. The summed E-state index contributed by atoms with van der Waals surface area (Å²) in [5, 5.41) is 10.2. The number of aromatic nitrogens is 1. The minimum Gasteiger partial charge on any atom is -0.481 e. The number of carboxylic acid groups (broad SMARTS) is 1. The Hall–Kier alpha value is -4.04. The fraction of sp³-hybridized carbons (Fsp3) is 0.179. The van der Waals surface area contributed by atoms with Crippen LogP contribution >= 0.6 is 0 Å². The van der Waals surface area contributed by atoms with E-state index in [-0.39, 0.29) is 18.2 Å². The first-order chi connectivity index (χ1) is 16.0. The maximum atomic E-state index is 13.8. The quantitative estimate of drug-likeness (QED) is 0.328. The maximum Gasteiger partial charge on any atom is 0.304 e. The lowest BCUT2D eigenvalue weighted by Gasteiger charge is -2.23. The van der Waals surface area contributed by atoms with E-state index in [1.54, 1.807) is 13.0 Å². The molecule has 0 aliphatic heterocycles. The van der Waals surface area contributed by atoms with E-state index in [4.69, 9.17) is 4.74 Å². The van der Waals surface area contributed by atoms with Crippen LogP contribution in [0.3, 0.4) is 0 Å². The van der Waals surface area contributed by atoms with E-state index >= 15 is 0 Å². The Morgan fingerprint density at radius 3 is 2.58 bits per heavy atom. The van der Waals surface area contributed by atoms with Gasteiger partial charge in [-0.1, -0.05) is 36.3 Å². The fourth-order valence-electron chi connectivity index (χ4n) is 4.08. The Bertz CT molecular complexity index is 1350. The molecule has 0 fully saturated rings. The van der Waals surface area contributed by atoms with Gasteiger partial charge in [0, 0.05) is 28.2 Å². The fourth-order valence-corrected chi connectivity index (χ4v) is 4.08. The second kappa shape index (κ2) is 9.62. The largest absolute Gasteiger partial charge is 0.481 e. The Balaban J connectivity index is 1.72. The first kappa shape index (κ1) is 22.2. The third kappa shape index (κ3) is 4.91. The van der Waals surface area contributed by atoms with Crippen LogP contribution < -0.4 is 4.74 Å². The van der Waals surface area contributed by atoms with Crippen molar-refractivity contribution in [3.63, 3.8) is 0 Å². The highest BCUT2D eigenvalue weighted by Crippen LogP contribution is 2.35. The average Bonchev–Trinajstić information content (AvgIpc) is 3.27. The third-order valence-electron chi connectivity index (χ3n) is 5.66. The molecule has 4 rings (SSSR count). The third-order valence-corrected chi connectivity index (χ3v) is 5.66. The van der Waals surface area contributed by atoms with Gasteiger partial charge in [0.2, 0.25) is 0 Å². The molecule has 33 heavy (non-hydrogen) atoms. The number of hydrogen-bond donors (Lipinski definition) is 2. The lowest BCUT2D eigenvalue weighted by Crippen LogP contribution is -2.12. The summed E-state index contributed by atoms with van der Waals surface area (Å²) in [6.07, 6.45) is 1.37. The summed E-state index contributed by atoms with van der Waals surface area (Å²) in [6, 6.07) is 20.0. The normalized spacial score (nSPS) is 12.6. The number of aliphatic carboxylic acids is 1. The maximum absolute atomic E-state index is 13.8.